The fourth-order valence-corrected chi connectivity index (χ4v) is 2.07. The normalized spacial score (nSPS) is 15.1. The molecule has 1 heteroatoms. The van der Waals surface area contributed by atoms with Gasteiger partial charge in [-0.05, 0) is 29.4 Å². The van der Waals surface area contributed by atoms with Crippen LogP contribution in [0.2, 0.25) is 0 Å². The first kappa shape index (κ1) is 13.2. The summed E-state index contributed by atoms with van der Waals surface area (Å²) in [5.41, 5.74) is 8.91. The lowest BCUT2D eigenvalue weighted by Gasteiger charge is -2.20. The van der Waals surface area contributed by atoms with Crippen LogP contribution in [0.5, 0.6) is 0 Å². The van der Waals surface area contributed by atoms with Crippen molar-refractivity contribution in [1.29, 1.82) is 0 Å². The summed E-state index contributed by atoms with van der Waals surface area (Å²) in [6.45, 7) is 8.89. The summed E-state index contributed by atoms with van der Waals surface area (Å²) in [4.78, 5) is 0. The SMILES string of the molecule is CCCC(C)C(N)c1ccc(C(C)C)cc1. The minimum Gasteiger partial charge on any atom is -0.324 e. The molecule has 1 aromatic carbocycles. The van der Waals surface area contributed by atoms with Crippen LogP contribution in [0.3, 0.4) is 0 Å². The maximum Gasteiger partial charge on any atom is 0.0320 e. The van der Waals surface area contributed by atoms with Gasteiger partial charge in [0.25, 0.3) is 0 Å². The van der Waals surface area contributed by atoms with Gasteiger partial charge in [0.15, 0.2) is 0 Å². The van der Waals surface area contributed by atoms with Gasteiger partial charge in [-0.15, -0.1) is 0 Å². The molecule has 0 amide bonds. The molecule has 1 rings (SSSR count). The van der Waals surface area contributed by atoms with E-state index in [0.717, 1.165) is 0 Å². The minimum absolute atomic E-state index is 0.182. The highest BCUT2D eigenvalue weighted by atomic mass is 14.6. The zero-order chi connectivity index (χ0) is 12.1. The van der Waals surface area contributed by atoms with Crippen molar-refractivity contribution in [3.8, 4) is 0 Å². The zero-order valence-electron chi connectivity index (χ0n) is 11.0. The summed E-state index contributed by atoms with van der Waals surface area (Å²) in [6, 6.07) is 8.97. The van der Waals surface area contributed by atoms with Gasteiger partial charge in [-0.3, -0.25) is 0 Å². The molecule has 0 saturated carbocycles. The lowest BCUT2D eigenvalue weighted by molar-refractivity contribution is 0.433. The van der Waals surface area contributed by atoms with Gasteiger partial charge in [0, 0.05) is 6.04 Å². The summed E-state index contributed by atoms with van der Waals surface area (Å²) >= 11 is 0. The predicted octanol–water partition coefficient (Wildman–Crippen LogP) is 4.25. The molecule has 0 aliphatic heterocycles. The molecule has 2 unspecified atom stereocenters. The summed E-state index contributed by atoms with van der Waals surface area (Å²) in [5.74, 6) is 1.16. The maximum atomic E-state index is 6.25. The molecule has 0 aliphatic carbocycles. The Balaban J connectivity index is 2.73. The quantitative estimate of drug-likeness (QED) is 0.787. The van der Waals surface area contributed by atoms with Crippen LogP contribution in [-0.2, 0) is 0 Å². The molecule has 0 fully saturated rings. The monoisotopic (exact) mass is 219 g/mol. The van der Waals surface area contributed by atoms with Crippen molar-refractivity contribution < 1.29 is 0 Å². The second kappa shape index (κ2) is 6.05. The van der Waals surface area contributed by atoms with Crippen LogP contribution < -0.4 is 5.73 Å². The van der Waals surface area contributed by atoms with Gasteiger partial charge in [0.05, 0.1) is 0 Å². The largest absolute Gasteiger partial charge is 0.324 e. The van der Waals surface area contributed by atoms with Gasteiger partial charge in [0.1, 0.15) is 0 Å². The first-order valence-electron chi connectivity index (χ1n) is 6.41. The Morgan fingerprint density at radius 2 is 1.50 bits per heavy atom. The van der Waals surface area contributed by atoms with E-state index in [9.17, 15) is 0 Å². The highest BCUT2D eigenvalue weighted by Crippen LogP contribution is 2.24. The van der Waals surface area contributed by atoms with Crippen LogP contribution in [0, 0.1) is 5.92 Å². The number of benzene rings is 1. The Hall–Kier alpha value is -0.820. The van der Waals surface area contributed by atoms with E-state index in [1.54, 1.807) is 0 Å². The van der Waals surface area contributed by atoms with Crippen molar-refractivity contribution in [2.24, 2.45) is 11.7 Å². The van der Waals surface area contributed by atoms with E-state index >= 15 is 0 Å². The molecule has 2 atom stereocenters. The average molecular weight is 219 g/mol. The smallest absolute Gasteiger partial charge is 0.0320 e. The molecule has 1 aromatic rings. The van der Waals surface area contributed by atoms with Crippen LogP contribution in [-0.4, -0.2) is 0 Å². The Kier molecular flexibility index (Phi) is 5.01. The molecule has 0 radical (unpaired) electrons. The summed E-state index contributed by atoms with van der Waals surface area (Å²) in [7, 11) is 0. The van der Waals surface area contributed by atoms with Crippen molar-refractivity contribution in [3.63, 3.8) is 0 Å². The number of rotatable bonds is 5. The third kappa shape index (κ3) is 3.34. The van der Waals surface area contributed by atoms with Gasteiger partial charge in [-0.1, -0.05) is 58.4 Å². The van der Waals surface area contributed by atoms with Crippen LogP contribution in [0.15, 0.2) is 24.3 Å². The van der Waals surface area contributed by atoms with Gasteiger partial charge in [-0.25, -0.2) is 0 Å². The fraction of sp³-hybridized carbons (Fsp3) is 0.600. The first-order chi connectivity index (χ1) is 7.56. The highest BCUT2D eigenvalue weighted by molar-refractivity contribution is 5.26. The Bertz CT molecular complexity index is 300. The minimum atomic E-state index is 0.182. The molecule has 0 spiro atoms. The molecule has 16 heavy (non-hydrogen) atoms. The van der Waals surface area contributed by atoms with Crippen molar-refractivity contribution in [2.75, 3.05) is 0 Å². The van der Waals surface area contributed by atoms with Crippen LogP contribution >= 0.6 is 0 Å². The second-order valence-electron chi connectivity index (χ2n) is 5.11. The van der Waals surface area contributed by atoms with Crippen LogP contribution in [0.1, 0.15) is 63.6 Å². The van der Waals surface area contributed by atoms with Crippen molar-refractivity contribution in [1.82, 2.24) is 0 Å². The summed E-state index contributed by atoms with van der Waals surface area (Å²) in [5, 5.41) is 0. The Morgan fingerprint density at radius 3 is 1.94 bits per heavy atom. The molecule has 90 valence electrons. The van der Waals surface area contributed by atoms with Crippen LogP contribution in [0.4, 0.5) is 0 Å². The molecule has 0 saturated heterocycles. The van der Waals surface area contributed by atoms with E-state index in [2.05, 4.69) is 52.0 Å². The van der Waals surface area contributed by atoms with E-state index in [1.165, 1.54) is 24.0 Å². The standard InChI is InChI=1S/C15H25N/c1-5-6-12(4)15(16)14-9-7-13(8-10-14)11(2)3/h7-12,15H,5-6,16H2,1-4H3. The van der Waals surface area contributed by atoms with Crippen molar-refractivity contribution in [2.45, 2.75) is 52.5 Å². The van der Waals surface area contributed by atoms with E-state index in [1.807, 2.05) is 0 Å². The predicted molar refractivity (Wildman–Crippen MR) is 71.5 cm³/mol. The van der Waals surface area contributed by atoms with E-state index in [4.69, 9.17) is 5.73 Å². The van der Waals surface area contributed by atoms with E-state index in [0.29, 0.717) is 11.8 Å². The van der Waals surface area contributed by atoms with Crippen LogP contribution in [0.25, 0.3) is 0 Å². The third-order valence-electron chi connectivity index (χ3n) is 3.35. The third-order valence-corrected chi connectivity index (χ3v) is 3.35. The number of nitrogens with two attached hydrogens (primary N) is 1. The van der Waals surface area contributed by atoms with Gasteiger partial charge in [-0.2, -0.15) is 0 Å². The van der Waals surface area contributed by atoms with Gasteiger partial charge >= 0.3 is 0 Å². The topological polar surface area (TPSA) is 26.0 Å². The Morgan fingerprint density at radius 1 is 1.00 bits per heavy atom. The molecule has 2 N–H and O–H groups in total. The number of hydrogen-bond donors (Lipinski definition) is 1. The van der Waals surface area contributed by atoms with Crippen molar-refractivity contribution >= 4 is 0 Å². The molecule has 1 nitrogen and oxygen atoms in total. The summed E-state index contributed by atoms with van der Waals surface area (Å²) < 4.78 is 0. The van der Waals surface area contributed by atoms with E-state index in [-0.39, 0.29) is 6.04 Å². The second-order valence-corrected chi connectivity index (χ2v) is 5.11. The Labute approximate surface area is 100 Å². The van der Waals surface area contributed by atoms with Gasteiger partial charge < -0.3 is 5.73 Å². The lowest BCUT2D eigenvalue weighted by Crippen LogP contribution is -2.18. The first-order valence-corrected chi connectivity index (χ1v) is 6.41. The molecule has 0 bridgehead atoms. The fourth-order valence-electron chi connectivity index (χ4n) is 2.07. The zero-order valence-corrected chi connectivity index (χ0v) is 11.0. The lowest BCUT2D eigenvalue weighted by atomic mass is 9.90. The maximum absolute atomic E-state index is 6.25. The molecule has 0 aromatic heterocycles. The molecule has 0 aliphatic rings. The van der Waals surface area contributed by atoms with Gasteiger partial charge in [0.2, 0.25) is 0 Å². The van der Waals surface area contributed by atoms with E-state index < -0.39 is 0 Å². The molecular weight excluding hydrogens is 194 g/mol. The molecular formula is C15H25N. The molecule has 0 heterocycles. The number of hydrogen-bond acceptors (Lipinski definition) is 1. The van der Waals surface area contributed by atoms with Crippen molar-refractivity contribution in [3.05, 3.63) is 35.4 Å². The highest BCUT2D eigenvalue weighted by Gasteiger charge is 2.13. The average Bonchev–Trinajstić information content (AvgIpc) is 2.28. The summed E-state index contributed by atoms with van der Waals surface area (Å²) in [6.07, 6.45) is 2.41.